The average Bonchev–Trinajstić information content (AvgIpc) is 2.89. The molecule has 4 nitrogen and oxygen atoms in total. The summed E-state index contributed by atoms with van der Waals surface area (Å²) in [4.78, 5) is 1.02. The zero-order chi connectivity index (χ0) is 15.5. The Morgan fingerprint density at radius 1 is 1.33 bits per heavy atom. The van der Waals surface area contributed by atoms with E-state index in [0.717, 1.165) is 17.5 Å². The largest absolute Gasteiger partial charge is 0.312 e. The van der Waals surface area contributed by atoms with Crippen LogP contribution in [0, 0.1) is 5.82 Å². The predicted octanol–water partition coefficient (Wildman–Crippen LogP) is 3.45. The van der Waals surface area contributed by atoms with Crippen LogP contribution >= 0.6 is 22.9 Å². The van der Waals surface area contributed by atoms with Crippen molar-refractivity contribution < 1.29 is 12.8 Å². The molecule has 21 heavy (non-hydrogen) atoms. The maximum Gasteiger partial charge on any atom is 0.262 e. The van der Waals surface area contributed by atoms with Crippen LogP contribution in [0.1, 0.15) is 11.8 Å². The van der Waals surface area contributed by atoms with Crippen LogP contribution in [0.5, 0.6) is 0 Å². The summed E-state index contributed by atoms with van der Waals surface area (Å²) in [6.07, 6.45) is 0. The number of nitrogens with one attached hydrogen (secondary N) is 2. The molecule has 0 fully saturated rings. The molecule has 2 rings (SSSR count). The maximum absolute atomic E-state index is 13.6. The molecule has 1 aromatic carbocycles. The van der Waals surface area contributed by atoms with E-state index in [4.69, 9.17) is 11.6 Å². The van der Waals surface area contributed by atoms with Gasteiger partial charge in [-0.05, 0) is 30.8 Å². The van der Waals surface area contributed by atoms with Gasteiger partial charge in [0.05, 0.1) is 10.6 Å². The van der Waals surface area contributed by atoms with Crippen molar-refractivity contribution >= 4 is 38.6 Å². The maximum atomic E-state index is 13.6. The Morgan fingerprint density at radius 2 is 2.10 bits per heavy atom. The molecule has 0 aliphatic heterocycles. The van der Waals surface area contributed by atoms with Crippen LogP contribution in [0.3, 0.4) is 0 Å². The minimum absolute atomic E-state index is 0.120. The Bertz CT molecular complexity index is 732. The minimum atomic E-state index is -3.80. The second kappa shape index (κ2) is 6.74. The predicted molar refractivity (Wildman–Crippen MR) is 83.9 cm³/mol. The van der Waals surface area contributed by atoms with E-state index in [1.807, 2.05) is 6.92 Å². The van der Waals surface area contributed by atoms with Gasteiger partial charge in [0, 0.05) is 21.8 Å². The Morgan fingerprint density at radius 3 is 2.76 bits per heavy atom. The molecule has 0 bridgehead atoms. The first-order chi connectivity index (χ1) is 9.92. The fourth-order valence-corrected chi connectivity index (χ4v) is 4.09. The van der Waals surface area contributed by atoms with E-state index < -0.39 is 15.8 Å². The van der Waals surface area contributed by atoms with Gasteiger partial charge in [-0.2, -0.15) is 0 Å². The summed E-state index contributed by atoms with van der Waals surface area (Å²) in [5.41, 5.74) is -0.126. The smallest absolute Gasteiger partial charge is 0.262 e. The van der Waals surface area contributed by atoms with Crippen LogP contribution in [-0.4, -0.2) is 15.0 Å². The molecule has 0 saturated carbocycles. The van der Waals surface area contributed by atoms with E-state index in [0.29, 0.717) is 6.54 Å². The monoisotopic (exact) mass is 348 g/mol. The van der Waals surface area contributed by atoms with Crippen LogP contribution in [0.15, 0.2) is 34.5 Å². The third kappa shape index (κ3) is 4.16. The van der Waals surface area contributed by atoms with E-state index in [1.165, 1.54) is 28.8 Å². The molecular weight excluding hydrogens is 335 g/mol. The quantitative estimate of drug-likeness (QED) is 0.840. The number of thiophene rings is 1. The van der Waals surface area contributed by atoms with Crippen LogP contribution in [-0.2, 0) is 16.6 Å². The first-order valence-electron chi connectivity index (χ1n) is 6.18. The third-order valence-corrected chi connectivity index (χ3v) is 5.33. The van der Waals surface area contributed by atoms with Crippen LogP contribution in [0.25, 0.3) is 0 Å². The summed E-state index contributed by atoms with van der Waals surface area (Å²) < 4.78 is 40.3. The summed E-state index contributed by atoms with van der Waals surface area (Å²) in [6.45, 7) is 3.37. The van der Waals surface area contributed by atoms with Gasteiger partial charge in [-0.3, -0.25) is 4.72 Å². The third-order valence-electron chi connectivity index (χ3n) is 2.66. The highest BCUT2D eigenvalue weighted by molar-refractivity contribution is 7.92. The van der Waals surface area contributed by atoms with E-state index >= 15 is 0 Å². The first kappa shape index (κ1) is 16.2. The standard InChI is InChI=1S/C13H14ClFN2O2S2/c1-2-16-7-10-6-11(8-20-10)21(18,19)17-13-4-3-9(14)5-12(13)15/h3-6,8,16-17H,2,7H2,1H3. The number of sulfonamides is 1. The van der Waals surface area contributed by atoms with E-state index in [1.54, 1.807) is 6.07 Å². The molecule has 8 heteroatoms. The van der Waals surface area contributed by atoms with Gasteiger partial charge in [-0.1, -0.05) is 18.5 Å². The van der Waals surface area contributed by atoms with Gasteiger partial charge in [0.15, 0.2) is 0 Å². The van der Waals surface area contributed by atoms with Crippen molar-refractivity contribution in [2.75, 3.05) is 11.3 Å². The Labute approximate surface area is 132 Å². The highest BCUT2D eigenvalue weighted by atomic mass is 35.5. The normalized spacial score (nSPS) is 11.6. The molecule has 0 saturated heterocycles. The molecule has 1 aromatic heterocycles. The summed E-state index contributed by atoms with van der Waals surface area (Å²) in [6, 6.07) is 5.35. The zero-order valence-corrected chi connectivity index (χ0v) is 13.6. The van der Waals surface area contributed by atoms with Crippen molar-refractivity contribution in [1.82, 2.24) is 5.32 Å². The second-order valence-electron chi connectivity index (χ2n) is 4.26. The van der Waals surface area contributed by atoms with E-state index in [9.17, 15) is 12.8 Å². The summed E-state index contributed by atoms with van der Waals surface area (Å²) in [7, 11) is -3.80. The average molecular weight is 349 g/mol. The molecule has 0 aliphatic carbocycles. The molecule has 2 N–H and O–H groups in total. The van der Waals surface area contributed by atoms with Crippen molar-refractivity contribution in [3.63, 3.8) is 0 Å². The van der Waals surface area contributed by atoms with Crippen molar-refractivity contribution in [3.05, 3.63) is 45.4 Å². The molecule has 0 atom stereocenters. The van der Waals surface area contributed by atoms with Crippen molar-refractivity contribution in [3.8, 4) is 0 Å². The van der Waals surface area contributed by atoms with Gasteiger partial charge in [0.2, 0.25) is 0 Å². The lowest BCUT2D eigenvalue weighted by atomic mass is 10.3. The van der Waals surface area contributed by atoms with Crippen molar-refractivity contribution in [2.24, 2.45) is 0 Å². The van der Waals surface area contributed by atoms with Gasteiger partial charge in [0.25, 0.3) is 10.0 Å². The fraction of sp³-hybridized carbons (Fsp3) is 0.231. The first-order valence-corrected chi connectivity index (χ1v) is 8.92. The Balaban J connectivity index is 2.19. The number of benzene rings is 1. The molecule has 114 valence electrons. The second-order valence-corrected chi connectivity index (χ2v) is 7.37. The lowest BCUT2D eigenvalue weighted by Gasteiger charge is -2.07. The molecule has 0 amide bonds. The lowest BCUT2D eigenvalue weighted by Crippen LogP contribution is -2.13. The van der Waals surface area contributed by atoms with Crippen LogP contribution in [0.4, 0.5) is 10.1 Å². The fourth-order valence-electron chi connectivity index (χ4n) is 1.62. The molecule has 0 aliphatic rings. The molecule has 0 unspecified atom stereocenters. The zero-order valence-electron chi connectivity index (χ0n) is 11.2. The highest BCUT2D eigenvalue weighted by Gasteiger charge is 2.18. The highest BCUT2D eigenvalue weighted by Crippen LogP contribution is 2.24. The molecule has 1 heterocycles. The molecule has 0 spiro atoms. The van der Waals surface area contributed by atoms with E-state index in [2.05, 4.69) is 10.0 Å². The van der Waals surface area contributed by atoms with Gasteiger partial charge in [-0.25, -0.2) is 12.8 Å². The van der Waals surface area contributed by atoms with Crippen LogP contribution in [0.2, 0.25) is 5.02 Å². The minimum Gasteiger partial charge on any atom is -0.312 e. The lowest BCUT2D eigenvalue weighted by molar-refractivity contribution is 0.598. The summed E-state index contributed by atoms with van der Waals surface area (Å²) in [5.74, 6) is -0.714. The summed E-state index contributed by atoms with van der Waals surface area (Å²) in [5, 5.41) is 4.85. The van der Waals surface area contributed by atoms with Gasteiger partial charge >= 0.3 is 0 Å². The van der Waals surface area contributed by atoms with Gasteiger partial charge < -0.3 is 5.32 Å². The van der Waals surface area contributed by atoms with E-state index in [-0.39, 0.29) is 15.6 Å². The van der Waals surface area contributed by atoms with Gasteiger partial charge in [0.1, 0.15) is 5.82 Å². The number of hydrogen-bond acceptors (Lipinski definition) is 4. The topological polar surface area (TPSA) is 58.2 Å². The van der Waals surface area contributed by atoms with Crippen LogP contribution < -0.4 is 10.0 Å². The summed E-state index contributed by atoms with van der Waals surface area (Å²) >= 11 is 6.97. The molecule has 0 radical (unpaired) electrons. The van der Waals surface area contributed by atoms with Crippen molar-refractivity contribution in [1.29, 1.82) is 0 Å². The number of anilines is 1. The number of halogens is 2. The van der Waals surface area contributed by atoms with Gasteiger partial charge in [-0.15, -0.1) is 11.3 Å². The molecule has 2 aromatic rings. The number of hydrogen-bond donors (Lipinski definition) is 2. The van der Waals surface area contributed by atoms with Crippen molar-refractivity contribution in [2.45, 2.75) is 18.4 Å². The Kier molecular flexibility index (Phi) is 5.21. The molecular formula is C13H14ClFN2O2S2. The SMILES string of the molecule is CCNCc1cc(S(=O)(=O)Nc2ccc(Cl)cc2F)cs1. The Hall–Kier alpha value is -1.15. The number of rotatable bonds is 6.